The van der Waals surface area contributed by atoms with Gasteiger partial charge in [-0.15, -0.1) is 0 Å². The summed E-state index contributed by atoms with van der Waals surface area (Å²) in [6.45, 7) is 11.9. The molecule has 5 heteroatoms. The first-order valence-electron chi connectivity index (χ1n) is 11.1. The van der Waals surface area contributed by atoms with E-state index in [1.54, 1.807) is 7.11 Å². The molecule has 1 saturated heterocycles. The number of hydrogen-bond donors (Lipinski definition) is 0. The summed E-state index contributed by atoms with van der Waals surface area (Å²) in [5.41, 5.74) is 2.56. The monoisotopic (exact) mass is 411 g/mol. The molecule has 30 heavy (non-hydrogen) atoms. The van der Waals surface area contributed by atoms with Crippen LogP contribution < -0.4 is 4.74 Å². The third kappa shape index (κ3) is 4.89. The highest BCUT2D eigenvalue weighted by Crippen LogP contribution is 2.38. The van der Waals surface area contributed by atoms with Gasteiger partial charge in [0, 0.05) is 63.0 Å². The van der Waals surface area contributed by atoms with Crippen molar-refractivity contribution in [2.24, 2.45) is 18.9 Å². The molecule has 3 rings (SSSR count). The van der Waals surface area contributed by atoms with Gasteiger partial charge in [0.15, 0.2) is 0 Å². The van der Waals surface area contributed by atoms with E-state index in [0.29, 0.717) is 11.8 Å². The molecule has 2 unspecified atom stereocenters. The highest BCUT2D eigenvalue weighted by Gasteiger charge is 2.38. The highest BCUT2D eigenvalue weighted by atomic mass is 16.5. The lowest BCUT2D eigenvalue weighted by Crippen LogP contribution is -2.43. The van der Waals surface area contributed by atoms with Gasteiger partial charge in [0.25, 0.3) is 0 Å². The topological polar surface area (TPSA) is 37.7 Å². The SMILES string of the molecule is COc1ccccc1C1CN(Cc2cccn2C)CC1CN(C(=O)C(C)C)C(C)C. The van der Waals surface area contributed by atoms with Crippen molar-refractivity contribution >= 4 is 5.91 Å². The number of aryl methyl sites for hydroxylation is 1. The van der Waals surface area contributed by atoms with E-state index in [4.69, 9.17) is 4.74 Å². The Morgan fingerprint density at radius 1 is 1.13 bits per heavy atom. The van der Waals surface area contributed by atoms with Crippen LogP contribution in [0.1, 0.15) is 44.9 Å². The van der Waals surface area contributed by atoms with E-state index in [1.165, 1.54) is 11.3 Å². The number of carbonyl (C=O) groups excluding carboxylic acids is 1. The fourth-order valence-corrected chi connectivity index (χ4v) is 4.63. The van der Waals surface area contributed by atoms with Crippen molar-refractivity contribution in [3.63, 3.8) is 0 Å². The maximum absolute atomic E-state index is 12.9. The molecule has 0 aliphatic carbocycles. The molecule has 1 amide bonds. The summed E-state index contributed by atoms with van der Waals surface area (Å²) in [5.74, 6) is 1.90. The molecular weight excluding hydrogens is 374 g/mol. The Kier molecular flexibility index (Phi) is 7.24. The number of aromatic nitrogens is 1. The molecule has 2 atom stereocenters. The van der Waals surface area contributed by atoms with Gasteiger partial charge in [0.1, 0.15) is 5.75 Å². The number of hydrogen-bond acceptors (Lipinski definition) is 3. The number of benzene rings is 1. The summed E-state index contributed by atoms with van der Waals surface area (Å²) in [4.78, 5) is 17.5. The lowest BCUT2D eigenvalue weighted by Gasteiger charge is -2.33. The van der Waals surface area contributed by atoms with E-state index in [1.807, 2.05) is 26.0 Å². The Bertz CT molecular complexity index is 842. The minimum absolute atomic E-state index is 0.0120. The molecule has 0 spiro atoms. The number of ether oxygens (including phenoxy) is 1. The molecular formula is C25H37N3O2. The zero-order valence-corrected chi connectivity index (χ0v) is 19.3. The van der Waals surface area contributed by atoms with Gasteiger partial charge in [-0.1, -0.05) is 32.0 Å². The molecule has 0 N–H and O–H groups in total. The smallest absolute Gasteiger partial charge is 0.225 e. The summed E-state index contributed by atoms with van der Waals surface area (Å²) < 4.78 is 7.89. The first kappa shape index (κ1) is 22.4. The van der Waals surface area contributed by atoms with E-state index in [-0.39, 0.29) is 17.9 Å². The van der Waals surface area contributed by atoms with Crippen molar-refractivity contribution in [1.29, 1.82) is 0 Å². The van der Waals surface area contributed by atoms with Crippen molar-refractivity contribution < 1.29 is 9.53 Å². The van der Waals surface area contributed by atoms with Crippen molar-refractivity contribution in [1.82, 2.24) is 14.4 Å². The summed E-state index contributed by atoms with van der Waals surface area (Å²) in [7, 11) is 3.84. The summed E-state index contributed by atoms with van der Waals surface area (Å²) in [6, 6.07) is 12.8. The minimum Gasteiger partial charge on any atom is -0.496 e. The molecule has 0 bridgehead atoms. The second-order valence-electron chi connectivity index (χ2n) is 9.15. The molecule has 2 aromatic rings. The highest BCUT2D eigenvalue weighted by molar-refractivity contribution is 5.78. The lowest BCUT2D eigenvalue weighted by molar-refractivity contribution is -0.136. The molecule has 0 radical (unpaired) electrons. The number of methoxy groups -OCH3 is 1. The quantitative estimate of drug-likeness (QED) is 0.655. The fraction of sp³-hybridized carbons (Fsp3) is 0.560. The molecule has 2 heterocycles. The Labute approximate surface area is 181 Å². The summed E-state index contributed by atoms with van der Waals surface area (Å²) in [6.07, 6.45) is 2.10. The van der Waals surface area contributed by atoms with Gasteiger partial charge in [-0.3, -0.25) is 9.69 Å². The molecule has 1 aromatic carbocycles. The second-order valence-corrected chi connectivity index (χ2v) is 9.15. The molecule has 1 aromatic heterocycles. The molecule has 0 saturated carbocycles. The molecule has 1 aliphatic heterocycles. The summed E-state index contributed by atoms with van der Waals surface area (Å²) >= 11 is 0. The Balaban J connectivity index is 1.88. The van der Waals surface area contributed by atoms with E-state index < -0.39 is 0 Å². The molecule has 5 nitrogen and oxygen atoms in total. The average Bonchev–Trinajstić information content (AvgIpc) is 3.31. The number of likely N-dealkylation sites (tertiary alicyclic amines) is 1. The Hall–Kier alpha value is -2.27. The maximum Gasteiger partial charge on any atom is 0.225 e. The Morgan fingerprint density at radius 3 is 2.47 bits per heavy atom. The van der Waals surface area contributed by atoms with Crippen molar-refractivity contribution in [3.05, 3.63) is 53.9 Å². The van der Waals surface area contributed by atoms with Gasteiger partial charge in [0.2, 0.25) is 5.91 Å². The van der Waals surface area contributed by atoms with Crippen LogP contribution in [0, 0.1) is 11.8 Å². The fourth-order valence-electron chi connectivity index (χ4n) is 4.63. The van der Waals surface area contributed by atoms with E-state index in [0.717, 1.165) is 31.9 Å². The zero-order valence-electron chi connectivity index (χ0n) is 19.3. The number of rotatable bonds is 8. The number of carbonyl (C=O) groups is 1. The van der Waals surface area contributed by atoms with E-state index in [9.17, 15) is 4.79 Å². The largest absolute Gasteiger partial charge is 0.496 e. The van der Waals surface area contributed by atoms with Gasteiger partial charge < -0.3 is 14.2 Å². The van der Waals surface area contributed by atoms with Gasteiger partial charge >= 0.3 is 0 Å². The zero-order chi connectivity index (χ0) is 21.8. The normalized spacial score (nSPS) is 19.6. The standard InChI is InChI=1S/C25H37N3O2/c1-18(2)25(29)28(19(3)4)15-20-14-27(16-21-10-9-13-26(21)5)17-23(20)22-11-7-8-12-24(22)30-6/h7-13,18-20,23H,14-17H2,1-6H3. The van der Waals surface area contributed by atoms with Crippen LogP contribution in [0.3, 0.4) is 0 Å². The second kappa shape index (κ2) is 9.69. The first-order chi connectivity index (χ1) is 14.3. The van der Waals surface area contributed by atoms with Crippen molar-refractivity contribution in [2.75, 3.05) is 26.7 Å². The van der Waals surface area contributed by atoms with Gasteiger partial charge in [0.05, 0.1) is 7.11 Å². The van der Waals surface area contributed by atoms with Crippen LogP contribution in [-0.4, -0.2) is 53.1 Å². The predicted molar refractivity (Wildman–Crippen MR) is 122 cm³/mol. The molecule has 1 aliphatic rings. The molecule has 1 fully saturated rings. The van der Waals surface area contributed by atoms with Crippen molar-refractivity contribution in [2.45, 2.75) is 46.2 Å². The van der Waals surface area contributed by atoms with Crippen LogP contribution in [-0.2, 0) is 18.4 Å². The van der Waals surface area contributed by atoms with Crippen LogP contribution in [0.15, 0.2) is 42.6 Å². The maximum atomic E-state index is 12.9. The van der Waals surface area contributed by atoms with Crippen LogP contribution in [0.5, 0.6) is 5.75 Å². The van der Waals surface area contributed by atoms with Gasteiger partial charge in [-0.05, 0) is 43.5 Å². The number of para-hydroxylation sites is 1. The number of amides is 1. The number of nitrogens with zero attached hydrogens (tertiary/aromatic N) is 3. The van der Waals surface area contributed by atoms with Crippen LogP contribution in [0.4, 0.5) is 0 Å². The van der Waals surface area contributed by atoms with E-state index >= 15 is 0 Å². The third-order valence-corrected chi connectivity index (χ3v) is 6.32. The minimum atomic E-state index is 0.0120. The Morgan fingerprint density at radius 2 is 1.87 bits per heavy atom. The van der Waals surface area contributed by atoms with Crippen LogP contribution in [0.25, 0.3) is 0 Å². The van der Waals surface area contributed by atoms with Crippen molar-refractivity contribution in [3.8, 4) is 5.75 Å². The third-order valence-electron chi connectivity index (χ3n) is 6.32. The van der Waals surface area contributed by atoms with Gasteiger partial charge in [-0.25, -0.2) is 0 Å². The first-order valence-corrected chi connectivity index (χ1v) is 11.1. The average molecular weight is 412 g/mol. The molecule has 164 valence electrons. The van der Waals surface area contributed by atoms with Gasteiger partial charge in [-0.2, -0.15) is 0 Å². The predicted octanol–water partition coefficient (Wildman–Crippen LogP) is 4.14. The van der Waals surface area contributed by atoms with Crippen LogP contribution in [0.2, 0.25) is 0 Å². The summed E-state index contributed by atoms with van der Waals surface area (Å²) in [5, 5.41) is 0. The lowest BCUT2D eigenvalue weighted by atomic mass is 9.87. The van der Waals surface area contributed by atoms with Crippen LogP contribution >= 0.6 is 0 Å². The van der Waals surface area contributed by atoms with E-state index in [2.05, 4.69) is 65.7 Å².